The summed E-state index contributed by atoms with van der Waals surface area (Å²) in [5, 5.41) is 10.4. The van der Waals surface area contributed by atoms with Crippen LogP contribution in [0.1, 0.15) is 32.1 Å². The molecule has 2 aliphatic heterocycles. The quantitative estimate of drug-likeness (QED) is 0.335. The highest BCUT2D eigenvalue weighted by Gasteiger charge is 2.50. The molecule has 1 aromatic rings. The summed E-state index contributed by atoms with van der Waals surface area (Å²) in [5.74, 6) is 1.15. The Morgan fingerprint density at radius 1 is 1.14 bits per heavy atom. The number of carbonyl (C=O) groups is 1. The Hall–Kier alpha value is -1.54. The van der Waals surface area contributed by atoms with E-state index in [0.717, 1.165) is 39.0 Å². The van der Waals surface area contributed by atoms with Crippen LogP contribution in [0.4, 0.5) is 0 Å². The zero-order chi connectivity index (χ0) is 20.0. The molecule has 0 radical (unpaired) electrons. The molecular formula is C21H35ClN3O4+. The summed E-state index contributed by atoms with van der Waals surface area (Å²) in [6, 6.07) is 7.44. The molecule has 2 heterocycles. The fraction of sp³-hybridized carbons (Fsp3) is 0.667. The third kappa shape index (κ3) is 5.75. The average molecular weight is 429 g/mol. The molecule has 7 nitrogen and oxygen atoms in total. The van der Waals surface area contributed by atoms with Gasteiger partial charge in [-0.15, -0.1) is 0 Å². The lowest BCUT2D eigenvalue weighted by Gasteiger charge is -2.44. The molecular weight excluding hydrogens is 394 g/mol. The average Bonchev–Trinajstić information content (AvgIpc) is 2.73. The molecule has 1 amide bonds. The summed E-state index contributed by atoms with van der Waals surface area (Å²) in [6.07, 6.45) is 4.65. The van der Waals surface area contributed by atoms with Crippen molar-refractivity contribution in [3.63, 3.8) is 0 Å². The van der Waals surface area contributed by atoms with Crippen LogP contribution in [0.25, 0.3) is 0 Å². The lowest BCUT2D eigenvalue weighted by molar-refractivity contribution is -0.974. The molecule has 8 heteroatoms. The molecule has 0 spiro atoms. The molecule has 0 saturated carbocycles. The van der Waals surface area contributed by atoms with Crippen LogP contribution in [0.15, 0.2) is 24.3 Å². The number of piperidine rings is 2. The van der Waals surface area contributed by atoms with Gasteiger partial charge in [-0.3, -0.25) is 4.79 Å². The first-order valence-corrected chi connectivity index (χ1v) is 10.5. The van der Waals surface area contributed by atoms with Gasteiger partial charge in [-0.05, 0) is 31.4 Å². The minimum absolute atomic E-state index is 0. The van der Waals surface area contributed by atoms with Crippen LogP contribution in [-0.4, -0.2) is 69.1 Å². The van der Waals surface area contributed by atoms with E-state index in [0.29, 0.717) is 18.0 Å². The van der Waals surface area contributed by atoms with Gasteiger partial charge in [0.1, 0.15) is 19.3 Å². The Kier molecular flexibility index (Phi) is 9.02. The molecule has 0 aliphatic carbocycles. The second kappa shape index (κ2) is 11.0. The predicted molar refractivity (Wildman–Crippen MR) is 106 cm³/mol. The minimum Gasteiger partial charge on any atom is -1.00 e. The lowest BCUT2D eigenvalue weighted by atomic mass is 9.83. The van der Waals surface area contributed by atoms with E-state index in [4.69, 9.17) is 15.2 Å². The number of benzene rings is 1. The number of amides is 1. The number of quaternary nitrogens is 2. The highest BCUT2D eigenvalue weighted by molar-refractivity contribution is 5.83. The number of para-hydroxylation sites is 2. The van der Waals surface area contributed by atoms with Gasteiger partial charge >= 0.3 is 0 Å². The first kappa shape index (κ1) is 23.7. The van der Waals surface area contributed by atoms with Gasteiger partial charge in [0.05, 0.1) is 46.1 Å². The van der Waals surface area contributed by atoms with Crippen LogP contribution >= 0.6 is 0 Å². The number of hydrogen-bond acceptors (Lipinski definition) is 4. The molecule has 0 aromatic heterocycles. The van der Waals surface area contributed by atoms with E-state index in [-0.39, 0.29) is 24.9 Å². The number of carbonyl (C=O) groups excluding carboxylic acids is 1. The molecule has 1 unspecified atom stereocenters. The Labute approximate surface area is 179 Å². The van der Waals surface area contributed by atoms with Gasteiger partial charge in [0, 0.05) is 0 Å². The number of primary amides is 1. The fourth-order valence-corrected chi connectivity index (χ4v) is 4.78. The zero-order valence-electron chi connectivity index (χ0n) is 17.3. The maximum atomic E-state index is 12.3. The van der Waals surface area contributed by atoms with Crippen molar-refractivity contribution < 1.29 is 41.6 Å². The first-order chi connectivity index (χ1) is 13.5. The van der Waals surface area contributed by atoms with Gasteiger partial charge in [0.25, 0.3) is 5.91 Å². The number of hydrogen-bond donors (Lipinski definition) is 4. The Morgan fingerprint density at radius 2 is 1.76 bits per heavy atom. The third-order valence-electron chi connectivity index (χ3n) is 6.44. The number of nitrogens with one attached hydrogen (secondary N) is 2. The number of aliphatic hydroxyl groups is 1. The summed E-state index contributed by atoms with van der Waals surface area (Å²) in [4.78, 5) is 15.0. The van der Waals surface area contributed by atoms with E-state index in [2.05, 4.69) is 0 Å². The van der Waals surface area contributed by atoms with Crippen LogP contribution in [-0.2, 0) is 4.79 Å². The highest BCUT2D eigenvalue weighted by Crippen LogP contribution is 2.25. The molecule has 5 N–H and O–H groups in total. The van der Waals surface area contributed by atoms with E-state index < -0.39 is 11.6 Å². The van der Waals surface area contributed by atoms with Crippen LogP contribution < -0.4 is 37.4 Å². The van der Waals surface area contributed by atoms with E-state index in [1.807, 2.05) is 24.3 Å². The number of methoxy groups -OCH3 is 1. The zero-order valence-corrected chi connectivity index (χ0v) is 18.0. The van der Waals surface area contributed by atoms with E-state index in [1.165, 1.54) is 29.1 Å². The Balaban J connectivity index is 0.00000300. The molecule has 164 valence electrons. The molecule has 2 fully saturated rings. The summed E-state index contributed by atoms with van der Waals surface area (Å²) in [7, 11) is 1.60. The summed E-state index contributed by atoms with van der Waals surface area (Å²) in [5.41, 5.74) is 5.45. The van der Waals surface area contributed by atoms with Crippen LogP contribution in [0.2, 0.25) is 0 Å². The Bertz CT molecular complexity index is 647. The van der Waals surface area contributed by atoms with Gasteiger partial charge in [-0.25, -0.2) is 0 Å². The third-order valence-corrected chi connectivity index (χ3v) is 6.44. The molecule has 1 aromatic carbocycles. The molecule has 3 rings (SSSR count). The fourth-order valence-electron chi connectivity index (χ4n) is 4.78. The molecule has 1 atom stereocenters. The number of aliphatic hydroxyl groups excluding tert-OH is 1. The number of ether oxygens (including phenoxy) is 2. The van der Waals surface area contributed by atoms with Crippen molar-refractivity contribution in [3.05, 3.63) is 24.3 Å². The van der Waals surface area contributed by atoms with E-state index in [9.17, 15) is 9.90 Å². The van der Waals surface area contributed by atoms with Crippen molar-refractivity contribution in [2.75, 3.05) is 46.4 Å². The van der Waals surface area contributed by atoms with Gasteiger partial charge in [-0.1, -0.05) is 12.1 Å². The molecule has 0 bridgehead atoms. The van der Waals surface area contributed by atoms with Gasteiger partial charge in [-0.2, -0.15) is 0 Å². The Morgan fingerprint density at radius 3 is 2.34 bits per heavy atom. The molecule has 29 heavy (non-hydrogen) atoms. The van der Waals surface area contributed by atoms with Crippen molar-refractivity contribution in [1.29, 1.82) is 0 Å². The summed E-state index contributed by atoms with van der Waals surface area (Å²) >= 11 is 0. The second-order valence-electron chi connectivity index (χ2n) is 8.18. The van der Waals surface area contributed by atoms with Crippen LogP contribution in [0, 0.1) is 0 Å². The summed E-state index contributed by atoms with van der Waals surface area (Å²) < 4.78 is 11.0. The van der Waals surface area contributed by atoms with Crippen molar-refractivity contribution >= 4 is 5.91 Å². The maximum absolute atomic E-state index is 12.3. The van der Waals surface area contributed by atoms with Crippen molar-refractivity contribution in [2.24, 2.45) is 5.73 Å². The van der Waals surface area contributed by atoms with Crippen molar-refractivity contribution in [1.82, 2.24) is 0 Å². The van der Waals surface area contributed by atoms with Crippen molar-refractivity contribution in [3.8, 4) is 11.5 Å². The topological polar surface area (TPSA) is 90.7 Å². The van der Waals surface area contributed by atoms with E-state index in [1.54, 1.807) is 7.11 Å². The largest absolute Gasteiger partial charge is 1.00 e. The van der Waals surface area contributed by atoms with Gasteiger partial charge < -0.3 is 42.5 Å². The monoisotopic (exact) mass is 428 g/mol. The maximum Gasteiger partial charge on any atom is 0.279 e. The van der Waals surface area contributed by atoms with Crippen LogP contribution in [0.5, 0.6) is 11.5 Å². The van der Waals surface area contributed by atoms with Gasteiger partial charge in [0.15, 0.2) is 17.0 Å². The van der Waals surface area contributed by atoms with Gasteiger partial charge in [0.2, 0.25) is 0 Å². The highest BCUT2D eigenvalue weighted by atomic mass is 35.5. The number of rotatable bonds is 8. The SMILES string of the molecule is COc1ccccc1OCC(O)C[NH+]1CCC(C(N)=O)([NH+]2CCCCC2)CC1.[Cl-]. The summed E-state index contributed by atoms with van der Waals surface area (Å²) in [6.45, 7) is 4.65. The molecule has 2 saturated heterocycles. The normalized spacial score (nSPS) is 26.2. The number of halogens is 1. The lowest BCUT2D eigenvalue weighted by Crippen LogP contribution is -3.26. The molecule has 2 aliphatic rings. The smallest absolute Gasteiger partial charge is 0.279 e. The number of likely N-dealkylation sites (tertiary alicyclic amines) is 2. The standard InChI is InChI=1S/C21H33N3O4.ClH/c1-27-18-7-3-4-8-19(18)28-16-17(25)15-23-13-9-21(10-14-23,20(22)26)24-11-5-2-6-12-24;/h3-4,7-8,17,25H,2,5-6,9-16H2,1H3,(H2,22,26);1H/p+1. The predicted octanol–water partition coefficient (Wildman–Crippen LogP) is -4.59. The van der Waals surface area contributed by atoms with E-state index >= 15 is 0 Å². The first-order valence-electron chi connectivity index (χ1n) is 10.5. The van der Waals surface area contributed by atoms with Crippen molar-refractivity contribution in [2.45, 2.75) is 43.7 Å². The van der Waals surface area contributed by atoms with Crippen LogP contribution in [0.3, 0.4) is 0 Å². The second-order valence-corrected chi connectivity index (χ2v) is 8.18. The minimum atomic E-state index is -0.566. The number of nitrogens with two attached hydrogens (primary N) is 1.